The average molecular weight is 350 g/mol. The molecule has 0 saturated heterocycles. The van der Waals surface area contributed by atoms with Crippen molar-refractivity contribution in [3.8, 4) is 17.6 Å². The molecule has 1 N–H and O–H groups in total. The summed E-state index contributed by atoms with van der Waals surface area (Å²) in [4.78, 5) is 16.9. The van der Waals surface area contributed by atoms with Crippen molar-refractivity contribution in [2.75, 3.05) is 6.61 Å². The Kier molecular flexibility index (Phi) is 4.94. The largest absolute Gasteiger partial charge is 0.478 e. The molecule has 0 amide bonds. The normalized spacial score (nSPS) is 11.2. The molecule has 7 heteroatoms. The number of hydrogen-bond acceptors (Lipinski definition) is 4. The smallest absolute Gasteiger partial charge is 0.282 e. The van der Waals surface area contributed by atoms with Crippen molar-refractivity contribution in [2.24, 2.45) is 0 Å². The number of H-pyrrole nitrogens is 1. The Morgan fingerprint density at radius 3 is 2.77 bits per heavy atom. The molecule has 0 aliphatic rings. The minimum atomic E-state index is -0.556. The standard InChI is InChI=1S/C19H15FN4O2/c1-2-26-18-14(11-13(12-21)16-8-5-6-10-22-16)19(25)24(23-18)17-9-4-3-7-15(17)20/h3-11,23H,2H2,1H3. The van der Waals surface area contributed by atoms with E-state index < -0.39 is 11.4 Å². The molecule has 26 heavy (non-hydrogen) atoms. The average Bonchev–Trinajstić information content (AvgIpc) is 2.96. The molecule has 0 saturated carbocycles. The summed E-state index contributed by atoms with van der Waals surface area (Å²) < 4.78 is 20.6. The van der Waals surface area contributed by atoms with Crippen LogP contribution in [0, 0.1) is 17.1 Å². The molecule has 0 bridgehead atoms. The van der Waals surface area contributed by atoms with E-state index in [2.05, 4.69) is 10.1 Å². The van der Waals surface area contributed by atoms with Crippen LogP contribution in [-0.4, -0.2) is 21.4 Å². The second-order valence-corrected chi connectivity index (χ2v) is 5.26. The summed E-state index contributed by atoms with van der Waals surface area (Å²) in [6.45, 7) is 2.06. The quantitative estimate of drug-likeness (QED) is 0.717. The summed E-state index contributed by atoms with van der Waals surface area (Å²) >= 11 is 0. The van der Waals surface area contributed by atoms with Gasteiger partial charge in [-0.1, -0.05) is 18.2 Å². The van der Waals surface area contributed by atoms with Crippen LogP contribution in [0.25, 0.3) is 17.3 Å². The van der Waals surface area contributed by atoms with Gasteiger partial charge in [0.25, 0.3) is 5.56 Å². The van der Waals surface area contributed by atoms with E-state index in [1.165, 1.54) is 24.3 Å². The SMILES string of the molecule is CCOc1[nH]n(-c2ccccc2F)c(=O)c1C=C(C#N)c1ccccn1. The van der Waals surface area contributed by atoms with Crippen molar-refractivity contribution < 1.29 is 9.13 Å². The van der Waals surface area contributed by atoms with Crippen LogP contribution >= 0.6 is 0 Å². The molecule has 2 aromatic heterocycles. The van der Waals surface area contributed by atoms with Crippen molar-refractivity contribution in [1.29, 1.82) is 5.26 Å². The number of pyridine rings is 1. The lowest BCUT2D eigenvalue weighted by Gasteiger charge is -2.03. The predicted octanol–water partition coefficient (Wildman–Crippen LogP) is 3.16. The lowest BCUT2D eigenvalue weighted by Crippen LogP contribution is -2.17. The van der Waals surface area contributed by atoms with Crippen LogP contribution in [0.3, 0.4) is 0 Å². The van der Waals surface area contributed by atoms with Crippen molar-refractivity contribution in [3.63, 3.8) is 0 Å². The van der Waals surface area contributed by atoms with E-state index in [0.717, 1.165) is 4.68 Å². The number of ether oxygens (including phenoxy) is 1. The maximum absolute atomic E-state index is 14.1. The van der Waals surface area contributed by atoms with Gasteiger partial charge in [-0.25, -0.2) is 9.07 Å². The Labute approximate surface area is 148 Å². The van der Waals surface area contributed by atoms with E-state index in [-0.39, 0.29) is 22.7 Å². The molecule has 0 atom stereocenters. The number of aromatic nitrogens is 3. The zero-order valence-electron chi connectivity index (χ0n) is 13.9. The Morgan fingerprint density at radius 2 is 2.12 bits per heavy atom. The van der Waals surface area contributed by atoms with Crippen molar-refractivity contribution in [1.82, 2.24) is 14.8 Å². The van der Waals surface area contributed by atoms with Crippen LogP contribution < -0.4 is 10.3 Å². The first-order valence-corrected chi connectivity index (χ1v) is 7.91. The third-order valence-electron chi connectivity index (χ3n) is 3.62. The van der Waals surface area contributed by atoms with E-state index in [4.69, 9.17) is 4.74 Å². The summed E-state index contributed by atoms with van der Waals surface area (Å²) in [6, 6.07) is 13.0. The molecule has 0 aliphatic heterocycles. The van der Waals surface area contributed by atoms with E-state index in [9.17, 15) is 14.4 Å². The number of para-hydroxylation sites is 1. The third-order valence-corrected chi connectivity index (χ3v) is 3.62. The lowest BCUT2D eigenvalue weighted by atomic mass is 10.1. The Morgan fingerprint density at radius 1 is 1.35 bits per heavy atom. The number of halogens is 1. The number of nitrogens with zero attached hydrogens (tertiary/aromatic N) is 3. The Hall–Kier alpha value is -3.66. The third kappa shape index (κ3) is 3.26. The highest BCUT2D eigenvalue weighted by molar-refractivity contribution is 5.89. The summed E-state index contributed by atoms with van der Waals surface area (Å²) in [5.74, 6) is -0.399. The van der Waals surface area contributed by atoms with Gasteiger partial charge in [-0.3, -0.25) is 14.9 Å². The van der Waals surface area contributed by atoms with Gasteiger partial charge >= 0.3 is 0 Å². The second kappa shape index (κ2) is 7.49. The highest BCUT2D eigenvalue weighted by Gasteiger charge is 2.18. The number of hydrogen-bond donors (Lipinski definition) is 1. The molecule has 0 radical (unpaired) electrons. The first-order chi connectivity index (χ1) is 12.7. The molecular formula is C19H15FN4O2. The maximum atomic E-state index is 14.1. The molecule has 3 aromatic rings. The van der Waals surface area contributed by atoms with E-state index in [1.807, 2.05) is 6.07 Å². The van der Waals surface area contributed by atoms with Crippen LogP contribution in [0.1, 0.15) is 18.2 Å². The summed E-state index contributed by atoms with van der Waals surface area (Å²) in [5.41, 5.74) is 0.285. The molecule has 3 rings (SSSR count). The number of nitrogens with one attached hydrogen (secondary N) is 1. The number of rotatable bonds is 5. The molecule has 130 valence electrons. The van der Waals surface area contributed by atoms with Gasteiger partial charge in [0.15, 0.2) is 0 Å². The van der Waals surface area contributed by atoms with E-state index in [0.29, 0.717) is 12.3 Å². The number of allylic oxidation sites excluding steroid dienone is 1. The van der Waals surface area contributed by atoms with Gasteiger partial charge in [-0.05, 0) is 37.3 Å². The molecule has 0 fully saturated rings. The summed E-state index contributed by atoms with van der Waals surface area (Å²) in [6.07, 6.45) is 2.95. The summed E-state index contributed by atoms with van der Waals surface area (Å²) in [5, 5.41) is 12.2. The zero-order chi connectivity index (χ0) is 18.5. The molecule has 1 aromatic carbocycles. The van der Waals surface area contributed by atoms with Crippen molar-refractivity contribution >= 4 is 11.6 Å². The zero-order valence-corrected chi connectivity index (χ0v) is 13.9. The first-order valence-electron chi connectivity index (χ1n) is 7.91. The van der Waals surface area contributed by atoms with Gasteiger partial charge in [0, 0.05) is 6.20 Å². The van der Waals surface area contributed by atoms with Gasteiger partial charge in [0.1, 0.15) is 23.1 Å². The predicted molar refractivity (Wildman–Crippen MR) is 95.2 cm³/mol. The minimum Gasteiger partial charge on any atom is -0.478 e. The van der Waals surface area contributed by atoms with Gasteiger partial charge in [-0.2, -0.15) is 5.26 Å². The molecule has 0 spiro atoms. The Balaban J connectivity index is 2.18. The molecule has 6 nitrogen and oxygen atoms in total. The van der Waals surface area contributed by atoms with E-state index >= 15 is 0 Å². The molecular weight excluding hydrogens is 335 g/mol. The van der Waals surface area contributed by atoms with Crippen LogP contribution in [0.2, 0.25) is 0 Å². The minimum absolute atomic E-state index is 0.0643. The van der Waals surface area contributed by atoms with Crippen molar-refractivity contribution in [3.05, 3.63) is 76.1 Å². The van der Waals surface area contributed by atoms with Crippen LogP contribution in [0.5, 0.6) is 5.88 Å². The maximum Gasteiger partial charge on any atom is 0.282 e. The van der Waals surface area contributed by atoms with Gasteiger partial charge in [-0.15, -0.1) is 0 Å². The van der Waals surface area contributed by atoms with Crippen molar-refractivity contribution in [2.45, 2.75) is 6.92 Å². The fourth-order valence-corrected chi connectivity index (χ4v) is 2.44. The molecule has 2 heterocycles. The van der Waals surface area contributed by atoms with Crippen LogP contribution in [0.4, 0.5) is 4.39 Å². The monoisotopic (exact) mass is 350 g/mol. The number of benzene rings is 1. The topological polar surface area (TPSA) is 83.7 Å². The highest BCUT2D eigenvalue weighted by Crippen LogP contribution is 2.21. The number of aromatic amines is 1. The molecule has 0 aliphatic carbocycles. The molecule has 0 unspecified atom stereocenters. The lowest BCUT2D eigenvalue weighted by molar-refractivity contribution is 0.323. The van der Waals surface area contributed by atoms with Gasteiger partial charge < -0.3 is 4.74 Å². The number of nitriles is 1. The Bertz CT molecular complexity index is 1050. The highest BCUT2D eigenvalue weighted by atomic mass is 19.1. The van der Waals surface area contributed by atoms with Crippen LogP contribution in [-0.2, 0) is 0 Å². The fourth-order valence-electron chi connectivity index (χ4n) is 2.44. The summed E-state index contributed by atoms with van der Waals surface area (Å²) in [7, 11) is 0. The van der Waals surface area contributed by atoms with E-state index in [1.54, 1.807) is 37.4 Å². The second-order valence-electron chi connectivity index (χ2n) is 5.26. The van der Waals surface area contributed by atoms with Gasteiger partial charge in [0.05, 0.1) is 17.9 Å². The van der Waals surface area contributed by atoms with Gasteiger partial charge in [0.2, 0.25) is 5.88 Å². The van der Waals surface area contributed by atoms with Crippen LogP contribution in [0.15, 0.2) is 53.5 Å². The first kappa shape index (κ1) is 17.2. The fraction of sp³-hybridized carbons (Fsp3) is 0.105.